The molecule has 0 aliphatic rings. The van der Waals surface area contributed by atoms with Crippen molar-refractivity contribution < 1.29 is 21.9 Å². The van der Waals surface area contributed by atoms with Gasteiger partial charge in [-0.05, 0) is 99.7 Å². The van der Waals surface area contributed by atoms with E-state index in [0.29, 0.717) is 11.1 Å². The standard InChI is InChI=1S/C59H48N6/c1-58(2,3)40-29-31-53-47(35-40)48-36-41(59(4,5)6)30-32-54(48)63(53)42-20-16-18-38(34-42)37-17-15-19-39(33-37)55-60-56(64-49-25-11-7-21-43(49)44-22-8-12-26-50(44)64)62-57(61-55)65-51-27-13-9-23-45(51)46-24-10-14-28-52(46)65/h7-36H,1-6H3/i7D,8D,9D,10D,11D,12D,13D,14D,21D,22D,23D,24D,25D,26D,27D,28D. The first kappa shape index (κ1) is 25.5. The third-order valence-corrected chi connectivity index (χ3v) is 12.1. The van der Waals surface area contributed by atoms with Crippen molar-refractivity contribution in [3.8, 4) is 40.1 Å². The zero-order valence-electron chi connectivity index (χ0n) is 52.3. The highest BCUT2D eigenvalue weighted by Crippen LogP contribution is 2.39. The molecule has 0 spiro atoms. The van der Waals surface area contributed by atoms with Gasteiger partial charge in [-0.15, -0.1) is 0 Å². The van der Waals surface area contributed by atoms with Crippen LogP contribution in [0.15, 0.2) is 182 Å². The Labute approximate surface area is 400 Å². The molecule has 4 heterocycles. The van der Waals surface area contributed by atoms with Crippen LogP contribution >= 0.6 is 0 Å². The fourth-order valence-corrected chi connectivity index (χ4v) is 8.82. The molecule has 0 atom stereocenters. The number of aromatic nitrogens is 6. The van der Waals surface area contributed by atoms with Crippen molar-refractivity contribution in [1.82, 2.24) is 28.7 Å². The Morgan fingerprint density at radius 1 is 0.369 bits per heavy atom. The summed E-state index contributed by atoms with van der Waals surface area (Å²) in [5.41, 5.74) is 5.57. The van der Waals surface area contributed by atoms with Crippen LogP contribution in [0.1, 0.15) is 74.6 Å². The number of hydrogen-bond donors (Lipinski definition) is 0. The fraction of sp³-hybridized carbons (Fsp3) is 0.136. The molecule has 0 amide bonds. The molecular formula is C59H48N6. The van der Waals surface area contributed by atoms with Crippen LogP contribution < -0.4 is 0 Å². The van der Waals surface area contributed by atoms with Gasteiger partial charge in [-0.2, -0.15) is 15.0 Å². The monoisotopic (exact) mass is 856 g/mol. The first-order valence-corrected chi connectivity index (χ1v) is 21.2. The SMILES string of the molecule is [2H]c1c([2H])c([2H])c2c(c1[2H])c1c([2H])c([2H])c([2H])c([2H])c1n2-c1nc(-c2cccc(-c3cccc(-n4c5ccc(C(C)(C)C)cc5c5cc(C(C)(C)C)ccc54)c3)c2)nc(-n2c3c([2H])c([2H])c([2H])c([2H])c3c3c([2H])c([2H])c([2H])c([2H])c32)n1. The summed E-state index contributed by atoms with van der Waals surface area (Å²) in [4.78, 5) is 14.7. The second-order valence-corrected chi connectivity index (χ2v) is 18.3. The van der Waals surface area contributed by atoms with Gasteiger partial charge in [-0.3, -0.25) is 9.13 Å². The fourth-order valence-electron chi connectivity index (χ4n) is 8.82. The smallest absolute Gasteiger partial charge is 0.240 e. The van der Waals surface area contributed by atoms with E-state index in [0.717, 1.165) is 42.2 Å². The molecule has 0 saturated carbocycles. The van der Waals surface area contributed by atoms with E-state index in [2.05, 4.69) is 88.6 Å². The summed E-state index contributed by atoms with van der Waals surface area (Å²) in [5.74, 6) is -1.08. The quantitative estimate of drug-likeness (QED) is 0.173. The molecule has 0 unspecified atom stereocenters. The molecule has 8 aromatic carbocycles. The summed E-state index contributed by atoms with van der Waals surface area (Å²) in [6, 6.07) is 17.9. The molecule has 12 aromatic rings. The molecule has 6 nitrogen and oxygen atoms in total. The highest BCUT2D eigenvalue weighted by Gasteiger charge is 2.23. The van der Waals surface area contributed by atoms with E-state index in [1.165, 1.54) is 11.1 Å². The summed E-state index contributed by atoms with van der Waals surface area (Å²) in [7, 11) is 0. The zero-order valence-corrected chi connectivity index (χ0v) is 36.3. The molecule has 314 valence electrons. The largest absolute Gasteiger partial charge is 0.309 e. The maximum absolute atomic E-state index is 9.29. The summed E-state index contributed by atoms with van der Waals surface area (Å²) in [6.45, 7) is 13.2. The number of rotatable bonds is 5. The summed E-state index contributed by atoms with van der Waals surface area (Å²) < 4.78 is 148. The lowest BCUT2D eigenvalue weighted by Gasteiger charge is -2.19. The third-order valence-electron chi connectivity index (χ3n) is 12.1. The molecule has 12 rings (SSSR count). The maximum atomic E-state index is 9.29. The van der Waals surface area contributed by atoms with Crippen molar-refractivity contribution >= 4 is 65.4 Å². The van der Waals surface area contributed by atoms with Gasteiger partial charge in [-0.1, -0.05) is 157 Å². The lowest BCUT2D eigenvalue weighted by molar-refractivity contribution is 0.590. The van der Waals surface area contributed by atoms with Gasteiger partial charge >= 0.3 is 0 Å². The average Bonchev–Trinajstić information content (AvgIpc) is 3.13. The highest BCUT2D eigenvalue weighted by atomic mass is 15.3. The van der Waals surface area contributed by atoms with Crippen LogP contribution in [-0.2, 0) is 10.8 Å². The lowest BCUT2D eigenvalue weighted by atomic mass is 9.85. The van der Waals surface area contributed by atoms with E-state index in [9.17, 15) is 5.48 Å². The average molecular weight is 857 g/mol. The zero-order chi connectivity index (χ0) is 58.1. The Hall–Kier alpha value is -7.83. The van der Waals surface area contributed by atoms with Crippen LogP contribution in [0.5, 0.6) is 0 Å². The molecule has 0 radical (unpaired) electrons. The van der Waals surface area contributed by atoms with Crippen molar-refractivity contribution in [2.24, 2.45) is 0 Å². The minimum Gasteiger partial charge on any atom is -0.309 e. The lowest BCUT2D eigenvalue weighted by Crippen LogP contribution is -2.10. The number of benzene rings is 8. The molecule has 0 N–H and O–H groups in total. The van der Waals surface area contributed by atoms with Crippen LogP contribution in [0.3, 0.4) is 0 Å². The van der Waals surface area contributed by atoms with Gasteiger partial charge in [0, 0.05) is 43.6 Å². The van der Waals surface area contributed by atoms with Crippen LogP contribution in [-0.4, -0.2) is 28.7 Å². The van der Waals surface area contributed by atoms with Gasteiger partial charge in [0.25, 0.3) is 0 Å². The van der Waals surface area contributed by atoms with Crippen LogP contribution in [0, 0.1) is 0 Å². The van der Waals surface area contributed by atoms with Crippen molar-refractivity contribution in [3.05, 3.63) is 193 Å². The Kier molecular flexibility index (Phi) is 5.62. The second-order valence-electron chi connectivity index (χ2n) is 18.3. The van der Waals surface area contributed by atoms with E-state index < -0.39 is 109 Å². The van der Waals surface area contributed by atoms with Gasteiger partial charge in [0.05, 0.1) is 55.0 Å². The van der Waals surface area contributed by atoms with Crippen LogP contribution in [0.4, 0.5) is 0 Å². The van der Waals surface area contributed by atoms with Crippen molar-refractivity contribution in [2.75, 3.05) is 0 Å². The van der Waals surface area contributed by atoms with E-state index in [1.54, 1.807) is 18.2 Å². The van der Waals surface area contributed by atoms with E-state index in [4.69, 9.17) is 31.4 Å². The van der Waals surface area contributed by atoms with E-state index >= 15 is 0 Å². The van der Waals surface area contributed by atoms with Crippen molar-refractivity contribution in [1.29, 1.82) is 0 Å². The maximum Gasteiger partial charge on any atom is 0.240 e. The summed E-state index contributed by atoms with van der Waals surface area (Å²) in [5, 5.41) is 1.17. The Morgan fingerprint density at radius 3 is 1.22 bits per heavy atom. The minimum absolute atomic E-state index is 0.106. The predicted molar refractivity (Wildman–Crippen MR) is 271 cm³/mol. The predicted octanol–water partition coefficient (Wildman–Crippen LogP) is 15.1. The number of fused-ring (bicyclic) bond motifs is 9. The number of hydrogen-bond acceptors (Lipinski definition) is 3. The molecule has 4 aromatic heterocycles. The minimum atomic E-state index is -0.698. The Bertz CT molecular complexity index is 4410. The molecular weight excluding hydrogens is 793 g/mol. The van der Waals surface area contributed by atoms with Gasteiger partial charge in [-0.25, -0.2) is 0 Å². The number of nitrogens with zero attached hydrogens (tertiary/aromatic N) is 6. The Morgan fingerprint density at radius 2 is 0.769 bits per heavy atom. The molecule has 0 fully saturated rings. The number of para-hydroxylation sites is 4. The normalized spacial score (nSPS) is 15.9. The summed E-state index contributed by atoms with van der Waals surface area (Å²) in [6.07, 6.45) is 0. The van der Waals surface area contributed by atoms with Crippen molar-refractivity contribution in [2.45, 2.75) is 52.4 Å². The van der Waals surface area contributed by atoms with Gasteiger partial charge in [0.1, 0.15) is 0 Å². The Balaban J connectivity index is 1.16. The topological polar surface area (TPSA) is 53.5 Å². The first-order valence-electron chi connectivity index (χ1n) is 29.2. The molecule has 65 heavy (non-hydrogen) atoms. The van der Waals surface area contributed by atoms with Crippen molar-refractivity contribution in [3.63, 3.8) is 0 Å². The van der Waals surface area contributed by atoms with Gasteiger partial charge < -0.3 is 4.57 Å². The summed E-state index contributed by atoms with van der Waals surface area (Å²) >= 11 is 0. The van der Waals surface area contributed by atoms with Gasteiger partial charge in [0.2, 0.25) is 11.9 Å². The molecule has 0 bridgehead atoms. The highest BCUT2D eigenvalue weighted by molar-refractivity contribution is 6.11. The van der Waals surface area contributed by atoms with Gasteiger partial charge in [0.15, 0.2) is 5.82 Å². The molecule has 0 aliphatic carbocycles. The van der Waals surface area contributed by atoms with Crippen LogP contribution in [0.2, 0.25) is 0 Å². The first-order chi connectivity index (χ1) is 38.1. The van der Waals surface area contributed by atoms with Crippen LogP contribution in [0.25, 0.3) is 106 Å². The van der Waals surface area contributed by atoms with E-state index in [1.807, 2.05) is 24.3 Å². The van der Waals surface area contributed by atoms with E-state index in [-0.39, 0.29) is 60.3 Å². The second kappa shape index (κ2) is 14.3. The third kappa shape index (κ3) is 6.27. The molecule has 0 aliphatic heterocycles. The molecule has 6 heteroatoms. The molecule has 0 saturated heterocycles.